The first-order valence-electron chi connectivity index (χ1n) is 8.59. The monoisotopic (exact) mass is 413 g/mol. The molecule has 1 saturated heterocycles. The van der Waals surface area contributed by atoms with Crippen molar-refractivity contribution in [2.75, 3.05) is 32.9 Å². The van der Waals surface area contributed by atoms with Crippen molar-refractivity contribution in [3.63, 3.8) is 0 Å². The number of carbonyl (C=O) groups is 7. The number of nitrogens with zero attached hydrogens (tertiary/aromatic N) is 1. The number of esters is 1. The third-order valence-electron chi connectivity index (χ3n) is 3.55. The van der Waals surface area contributed by atoms with Crippen molar-refractivity contribution in [2.24, 2.45) is 0 Å². The SMILES string of the molecule is CC(=O)CNC(=O)C1CC(=O)NCN(C(=O)COC(C)=O)CC(=O)NCC(=O)N1. The second-order valence-electron chi connectivity index (χ2n) is 6.15. The zero-order valence-electron chi connectivity index (χ0n) is 16.0. The summed E-state index contributed by atoms with van der Waals surface area (Å²) < 4.78 is 4.58. The van der Waals surface area contributed by atoms with Crippen LogP contribution in [0.5, 0.6) is 0 Å². The van der Waals surface area contributed by atoms with E-state index in [0.717, 1.165) is 11.8 Å². The molecule has 13 heteroatoms. The summed E-state index contributed by atoms with van der Waals surface area (Å²) in [6, 6.07) is -1.29. The van der Waals surface area contributed by atoms with Gasteiger partial charge in [-0.1, -0.05) is 0 Å². The molecule has 160 valence electrons. The topological polar surface area (TPSA) is 180 Å². The van der Waals surface area contributed by atoms with Crippen LogP contribution in [0.3, 0.4) is 0 Å². The molecule has 0 aromatic carbocycles. The summed E-state index contributed by atoms with van der Waals surface area (Å²) in [6.45, 7) is 0.0791. The van der Waals surface area contributed by atoms with Gasteiger partial charge in [0.1, 0.15) is 18.4 Å². The Hall–Kier alpha value is -3.51. The first-order chi connectivity index (χ1) is 13.6. The van der Waals surface area contributed by atoms with E-state index in [0.29, 0.717) is 0 Å². The highest BCUT2D eigenvalue weighted by molar-refractivity contribution is 5.95. The van der Waals surface area contributed by atoms with Crippen molar-refractivity contribution in [1.82, 2.24) is 26.2 Å². The van der Waals surface area contributed by atoms with E-state index in [1.807, 2.05) is 0 Å². The molecular weight excluding hydrogens is 390 g/mol. The normalized spacial score (nSPS) is 18.2. The fourth-order valence-corrected chi connectivity index (χ4v) is 2.13. The van der Waals surface area contributed by atoms with E-state index in [1.54, 1.807) is 0 Å². The smallest absolute Gasteiger partial charge is 0.303 e. The van der Waals surface area contributed by atoms with Gasteiger partial charge in [0.25, 0.3) is 5.91 Å². The van der Waals surface area contributed by atoms with Crippen LogP contribution in [0.15, 0.2) is 0 Å². The van der Waals surface area contributed by atoms with Crippen LogP contribution in [0.25, 0.3) is 0 Å². The maximum atomic E-state index is 12.1. The summed E-state index contributed by atoms with van der Waals surface area (Å²) in [6.07, 6.45) is -0.463. The molecule has 1 heterocycles. The molecule has 1 atom stereocenters. The third-order valence-corrected chi connectivity index (χ3v) is 3.55. The Bertz CT molecular complexity index is 707. The largest absolute Gasteiger partial charge is 0.456 e. The summed E-state index contributed by atoms with van der Waals surface area (Å²) in [5.74, 6) is -4.66. The molecule has 0 radical (unpaired) electrons. The molecule has 1 unspecified atom stereocenters. The number of ketones is 1. The zero-order chi connectivity index (χ0) is 22.0. The lowest BCUT2D eigenvalue weighted by molar-refractivity contribution is -0.151. The first kappa shape index (κ1) is 23.5. The number of ether oxygens (including phenoxy) is 1. The average molecular weight is 413 g/mol. The number of hydrogen-bond donors (Lipinski definition) is 4. The second kappa shape index (κ2) is 11.4. The van der Waals surface area contributed by atoms with Gasteiger partial charge in [-0.05, 0) is 6.92 Å². The Kier molecular flexibility index (Phi) is 9.22. The molecule has 29 heavy (non-hydrogen) atoms. The van der Waals surface area contributed by atoms with Crippen molar-refractivity contribution in [3.05, 3.63) is 0 Å². The fraction of sp³-hybridized carbons (Fsp3) is 0.562. The lowest BCUT2D eigenvalue weighted by Crippen LogP contribution is -2.55. The Labute approximate surface area is 165 Å². The summed E-state index contributed by atoms with van der Waals surface area (Å²) in [4.78, 5) is 83.0. The van der Waals surface area contributed by atoms with Crippen molar-refractivity contribution in [1.29, 1.82) is 0 Å². The van der Waals surface area contributed by atoms with Gasteiger partial charge in [0, 0.05) is 6.92 Å². The average Bonchev–Trinajstić information content (AvgIpc) is 2.64. The number of Topliss-reactive ketones (excluding diaryl/α,β-unsaturated/α-hetero) is 1. The van der Waals surface area contributed by atoms with Crippen molar-refractivity contribution < 1.29 is 38.3 Å². The molecule has 0 aromatic heterocycles. The van der Waals surface area contributed by atoms with Crippen LogP contribution in [0.2, 0.25) is 0 Å². The molecule has 0 aromatic rings. The minimum Gasteiger partial charge on any atom is -0.456 e. The number of carbonyl (C=O) groups excluding carboxylic acids is 7. The third kappa shape index (κ3) is 9.30. The lowest BCUT2D eigenvalue weighted by Gasteiger charge is -2.24. The van der Waals surface area contributed by atoms with Crippen LogP contribution in [-0.2, 0) is 38.3 Å². The zero-order valence-corrected chi connectivity index (χ0v) is 16.0. The Morgan fingerprint density at radius 3 is 2.38 bits per heavy atom. The molecule has 5 amide bonds. The standard InChI is InChI=1S/C16H23N5O8/c1-9(22)4-18-16(28)11-3-12(24)19-8-21(15(27)7-29-10(2)23)6-14(26)17-5-13(25)20-11/h11H,3-8H2,1-2H3,(H,17,26)(H,18,28)(H,19,24)(H,20,25). The van der Waals surface area contributed by atoms with E-state index < -0.39 is 67.7 Å². The maximum absolute atomic E-state index is 12.1. The maximum Gasteiger partial charge on any atom is 0.303 e. The van der Waals surface area contributed by atoms with Crippen molar-refractivity contribution in [2.45, 2.75) is 26.3 Å². The highest BCUT2D eigenvalue weighted by Crippen LogP contribution is 1.97. The molecule has 0 aliphatic carbocycles. The number of rotatable bonds is 5. The van der Waals surface area contributed by atoms with Crippen molar-refractivity contribution >= 4 is 41.3 Å². The predicted molar refractivity (Wildman–Crippen MR) is 94.6 cm³/mol. The Morgan fingerprint density at radius 1 is 1.07 bits per heavy atom. The van der Waals surface area contributed by atoms with E-state index in [-0.39, 0.29) is 19.0 Å². The van der Waals surface area contributed by atoms with E-state index >= 15 is 0 Å². The van der Waals surface area contributed by atoms with Crippen LogP contribution in [0, 0.1) is 0 Å². The van der Waals surface area contributed by atoms with Gasteiger partial charge in [-0.25, -0.2) is 0 Å². The van der Waals surface area contributed by atoms with E-state index in [1.165, 1.54) is 6.92 Å². The van der Waals surface area contributed by atoms with Gasteiger partial charge in [-0.15, -0.1) is 0 Å². The van der Waals surface area contributed by atoms with E-state index in [9.17, 15) is 33.6 Å². The van der Waals surface area contributed by atoms with Gasteiger partial charge < -0.3 is 30.9 Å². The molecule has 1 fully saturated rings. The lowest BCUT2D eigenvalue weighted by atomic mass is 10.1. The molecule has 0 bridgehead atoms. The van der Waals surface area contributed by atoms with Crippen molar-refractivity contribution in [3.8, 4) is 0 Å². The van der Waals surface area contributed by atoms with Gasteiger partial charge >= 0.3 is 5.97 Å². The molecule has 4 N–H and O–H groups in total. The van der Waals surface area contributed by atoms with E-state index in [4.69, 9.17) is 0 Å². The number of nitrogens with one attached hydrogen (secondary N) is 4. The molecule has 0 saturated carbocycles. The van der Waals surface area contributed by atoms with Gasteiger partial charge in [-0.3, -0.25) is 33.6 Å². The molecule has 0 spiro atoms. The van der Waals surface area contributed by atoms with Crippen LogP contribution in [0.4, 0.5) is 0 Å². The minimum absolute atomic E-state index is 0.276. The molecule has 1 aliphatic heterocycles. The summed E-state index contributed by atoms with van der Waals surface area (Å²) in [5.41, 5.74) is 0. The first-order valence-corrected chi connectivity index (χ1v) is 8.59. The van der Waals surface area contributed by atoms with Gasteiger partial charge in [0.15, 0.2) is 6.61 Å². The summed E-state index contributed by atoms with van der Waals surface area (Å²) in [5, 5.41) is 9.21. The predicted octanol–water partition coefficient (Wildman–Crippen LogP) is -3.84. The fourth-order valence-electron chi connectivity index (χ4n) is 2.13. The highest BCUT2D eigenvalue weighted by atomic mass is 16.5. The van der Waals surface area contributed by atoms with Gasteiger partial charge in [0.05, 0.1) is 26.2 Å². The summed E-state index contributed by atoms with van der Waals surface area (Å²) in [7, 11) is 0. The quantitative estimate of drug-likeness (QED) is 0.331. The second-order valence-corrected chi connectivity index (χ2v) is 6.15. The van der Waals surface area contributed by atoms with Crippen LogP contribution in [-0.4, -0.2) is 85.1 Å². The van der Waals surface area contributed by atoms with Crippen LogP contribution >= 0.6 is 0 Å². The van der Waals surface area contributed by atoms with Gasteiger partial charge in [0.2, 0.25) is 23.6 Å². The van der Waals surface area contributed by atoms with E-state index in [2.05, 4.69) is 26.0 Å². The highest BCUT2D eigenvalue weighted by Gasteiger charge is 2.26. The van der Waals surface area contributed by atoms with Crippen LogP contribution < -0.4 is 21.3 Å². The molecular formula is C16H23N5O8. The molecule has 1 rings (SSSR count). The summed E-state index contributed by atoms with van der Waals surface area (Å²) >= 11 is 0. The Morgan fingerprint density at radius 2 is 1.76 bits per heavy atom. The Balaban J connectivity index is 2.87. The minimum atomic E-state index is -1.29. The van der Waals surface area contributed by atoms with Gasteiger partial charge in [-0.2, -0.15) is 0 Å². The number of hydrogen-bond acceptors (Lipinski definition) is 8. The molecule has 13 nitrogen and oxygen atoms in total. The number of amides is 5. The molecule has 1 aliphatic rings. The van der Waals surface area contributed by atoms with Crippen LogP contribution in [0.1, 0.15) is 20.3 Å².